The van der Waals surface area contributed by atoms with Crippen LogP contribution in [0.3, 0.4) is 0 Å². The van der Waals surface area contributed by atoms with Gasteiger partial charge in [0.15, 0.2) is 0 Å². The van der Waals surface area contributed by atoms with Gasteiger partial charge in [-0.05, 0) is 49.6 Å². The van der Waals surface area contributed by atoms with Crippen molar-refractivity contribution in [2.24, 2.45) is 0 Å². The molecule has 23 heavy (non-hydrogen) atoms. The molecule has 0 saturated carbocycles. The van der Waals surface area contributed by atoms with E-state index in [1.807, 2.05) is 30.3 Å². The average Bonchev–Trinajstić information content (AvgIpc) is 2.59. The van der Waals surface area contributed by atoms with Gasteiger partial charge < -0.3 is 5.32 Å². The smallest absolute Gasteiger partial charge is 0.252 e. The molecule has 0 aliphatic heterocycles. The van der Waals surface area contributed by atoms with E-state index in [-0.39, 0.29) is 11.9 Å². The number of hydrogen-bond donors (Lipinski definition) is 1. The molecule has 0 spiro atoms. The number of carbonyl (C=O) groups excluding carboxylic acids is 1. The first kappa shape index (κ1) is 17.6. The first-order chi connectivity index (χ1) is 11.2. The molecule has 0 aliphatic carbocycles. The normalized spacial score (nSPS) is 11.9. The van der Waals surface area contributed by atoms with Gasteiger partial charge in [0, 0.05) is 10.9 Å². The number of nitrogens with one attached hydrogen (secondary N) is 1. The van der Waals surface area contributed by atoms with Crippen LogP contribution in [-0.2, 0) is 6.42 Å². The summed E-state index contributed by atoms with van der Waals surface area (Å²) < 4.78 is 0. The van der Waals surface area contributed by atoms with Crippen LogP contribution in [0.2, 0.25) is 0 Å². The molecular weight excluding hydrogens is 302 g/mol. The fourth-order valence-corrected chi connectivity index (χ4v) is 3.31. The zero-order valence-electron chi connectivity index (χ0n) is 13.9. The quantitative estimate of drug-likeness (QED) is 0.696. The van der Waals surface area contributed by atoms with Crippen molar-refractivity contribution in [3.8, 4) is 0 Å². The van der Waals surface area contributed by atoms with Gasteiger partial charge in [-0.15, -0.1) is 11.8 Å². The van der Waals surface area contributed by atoms with Crippen LogP contribution in [-0.4, -0.2) is 17.7 Å². The van der Waals surface area contributed by atoms with E-state index < -0.39 is 0 Å². The van der Waals surface area contributed by atoms with Gasteiger partial charge in [0.25, 0.3) is 5.91 Å². The third-order valence-corrected chi connectivity index (χ3v) is 4.96. The molecule has 0 fully saturated rings. The van der Waals surface area contributed by atoms with Gasteiger partial charge in [-0.2, -0.15) is 0 Å². The molecule has 0 aliphatic rings. The highest BCUT2D eigenvalue weighted by Crippen LogP contribution is 2.23. The van der Waals surface area contributed by atoms with Gasteiger partial charge in [0.1, 0.15) is 0 Å². The second kappa shape index (κ2) is 9.41. The highest BCUT2D eigenvalue weighted by Gasteiger charge is 2.13. The minimum Gasteiger partial charge on any atom is -0.350 e. The molecule has 2 rings (SSSR count). The minimum absolute atomic E-state index is 0.0322. The Morgan fingerprint density at radius 1 is 1.09 bits per heavy atom. The summed E-state index contributed by atoms with van der Waals surface area (Å²) in [6.45, 7) is 4.23. The standard InChI is InChI=1S/C20H25NOS/c1-3-15-23-19-12-8-7-11-18(19)20(22)21-16(2)13-14-17-9-5-4-6-10-17/h4-12,16H,3,13-15H2,1-2H3,(H,21,22). The Morgan fingerprint density at radius 2 is 1.78 bits per heavy atom. The summed E-state index contributed by atoms with van der Waals surface area (Å²) >= 11 is 1.75. The second-order valence-electron chi connectivity index (χ2n) is 5.74. The predicted octanol–water partition coefficient (Wildman–Crippen LogP) is 4.94. The largest absolute Gasteiger partial charge is 0.350 e. The van der Waals surface area contributed by atoms with Gasteiger partial charge in [-0.25, -0.2) is 0 Å². The molecule has 1 amide bonds. The molecule has 0 aromatic heterocycles. The van der Waals surface area contributed by atoms with Crippen LogP contribution in [0.15, 0.2) is 59.5 Å². The van der Waals surface area contributed by atoms with Gasteiger partial charge in [0.05, 0.1) is 5.56 Å². The maximum Gasteiger partial charge on any atom is 0.252 e. The Kier molecular flexibility index (Phi) is 7.21. The molecular formula is C20H25NOS. The topological polar surface area (TPSA) is 29.1 Å². The summed E-state index contributed by atoms with van der Waals surface area (Å²) in [6, 6.07) is 18.4. The molecule has 0 heterocycles. The molecule has 122 valence electrons. The van der Waals surface area contributed by atoms with E-state index in [0.717, 1.165) is 35.5 Å². The Bertz CT molecular complexity index is 612. The van der Waals surface area contributed by atoms with Crippen LogP contribution in [0.5, 0.6) is 0 Å². The molecule has 1 unspecified atom stereocenters. The number of hydrogen-bond acceptors (Lipinski definition) is 2. The second-order valence-corrected chi connectivity index (χ2v) is 6.88. The monoisotopic (exact) mass is 327 g/mol. The van der Waals surface area contributed by atoms with Crippen molar-refractivity contribution in [2.45, 2.75) is 44.0 Å². The van der Waals surface area contributed by atoms with E-state index in [2.05, 4.69) is 43.4 Å². The summed E-state index contributed by atoms with van der Waals surface area (Å²) in [5, 5.41) is 3.13. The first-order valence-corrected chi connectivity index (χ1v) is 9.26. The Balaban J connectivity index is 1.90. The fourth-order valence-electron chi connectivity index (χ4n) is 2.39. The van der Waals surface area contributed by atoms with Crippen LogP contribution >= 0.6 is 11.8 Å². The predicted molar refractivity (Wildman–Crippen MR) is 99.1 cm³/mol. The lowest BCUT2D eigenvalue weighted by molar-refractivity contribution is 0.0935. The Morgan fingerprint density at radius 3 is 2.52 bits per heavy atom. The number of carbonyl (C=O) groups is 1. The molecule has 2 aromatic carbocycles. The van der Waals surface area contributed by atoms with E-state index in [1.165, 1.54) is 5.56 Å². The van der Waals surface area contributed by atoms with E-state index in [4.69, 9.17) is 0 Å². The van der Waals surface area contributed by atoms with Crippen molar-refractivity contribution in [3.63, 3.8) is 0 Å². The number of amides is 1. The van der Waals surface area contributed by atoms with Gasteiger partial charge in [-0.3, -0.25) is 4.79 Å². The summed E-state index contributed by atoms with van der Waals surface area (Å²) in [7, 11) is 0. The van der Waals surface area contributed by atoms with Crippen molar-refractivity contribution in [2.75, 3.05) is 5.75 Å². The third kappa shape index (κ3) is 5.76. The van der Waals surface area contributed by atoms with Crippen molar-refractivity contribution in [1.29, 1.82) is 0 Å². The molecule has 2 nitrogen and oxygen atoms in total. The maximum absolute atomic E-state index is 12.5. The number of rotatable bonds is 8. The summed E-state index contributed by atoms with van der Waals surface area (Å²) in [4.78, 5) is 13.6. The summed E-state index contributed by atoms with van der Waals surface area (Å²) in [5.74, 6) is 1.07. The zero-order chi connectivity index (χ0) is 16.5. The van der Waals surface area contributed by atoms with E-state index in [9.17, 15) is 4.79 Å². The summed E-state index contributed by atoms with van der Waals surface area (Å²) in [6.07, 6.45) is 3.03. The lowest BCUT2D eigenvalue weighted by Crippen LogP contribution is -2.33. The highest BCUT2D eigenvalue weighted by molar-refractivity contribution is 7.99. The molecule has 0 radical (unpaired) electrons. The molecule has 0 bridgehead atoms. The van der Waals surface area contributed by atoms with Crippen molar-refractivity contribution >= 4 is 17.7 Å². The molecule has 1 atom stereocenters. The van der Waals surface area contributed by atoms with E-state index >= 15 is 0 Å². The Hall–Kier alpha value is -1.74. The first-order valence-electron chi connectivity index (χ1n) is 8.27. The van der Waals surface area contributed by atoms with Gasteiger partial charge in [0.2, 0.25) is 0 Å². The molecule has 2 aromatic rings. The van der Waals surface area contributed by atoms with Crippen molar-refractivity contribution < 1.29 is 4.79 Å². The maximum atomic E-state index is 12.5. The van der Waals surface area contributed by atoms with Gasteiger partial charge in [-0.1, -0.05) is 49.4 Å². The number of benzene rings is 2. The fraction of sp³-hybridized carbons (Fsp3) is 0.350. The number of aryl methyl sites for hydroxylation is 1. The molecule has 0 saturated heterocycles. The summed E-state index contributed by atoms with van der Waals surface area (Å²) in [5.41, 5.74) is 2.10. The molecule has 3 heteroatoms. The van der Waals surface area contributed by atoms with Crippen LogP contribution in [0.25, 0.3) is 0 Å². The van der Waals surface area contributed by atoms with Crippen LogP contribution < -0.4 is 5.32 Å². The third-order valence-electron chi connectivity index (χ3n) is 3.68. The van der Waals surface area contributed by atoms with Crippen LogP contribution in [0.1, 0.15) is 42.6 Å². The Labute approximate surface area is 143 Å². The lowest BCUT2D eigenvalue weighted by Gasteiger charge is -2.15. The van der Waals surface area contributed by atoms with E-state index in [0.29, 0.717) is 0 Å². The number of thioether (sulfide) groups is 1. The van der Waals surface area contributed by atoms with Crippen molar-refractivity contribution in [1.82, 2.24) is 5.32 Å². The molecule has 1 N–H and O–H groups in total. The van der Waals surface area contributed by atoms with Crippen LogP contribution in [0, 0.1) is 0 Å². The lowest BCUT2D eigenvalue weighted by atomic mass is 10.1. The highest BCUT2D eigenvalue weighted by atomic mass is 32.2. The van der Waals surface area contributed by atoms with Crippen LogP contribution in [0.4, 0.5) is 0 Å². The SMILES string of the molecule is CCCSc1ccccc1C(=O)NC(C)CCc1ccccc1. The van der Waals surface area contributed by atoms with Gasteiger partial charge >= 0.3 is 0 Å². The minimum atomic E-state index is 0.0322. The zero-order valence-corrected chi connectivity index (χ0v) is 14.7. The average molecular weight is 327 g/mol. The van der Waals surface area contributed by atoms with Crippen molar-refractivity contribution in [3.05, 3.63) is 65.7 Å². The van der Waals surface area contributed by atoms with E-state index in [1.54, 1.807) is 11.8 Å².